The SMILES string of the molecule is COc1ccccc1NC(=O)CSc1cccc(N)c1. The summed E-state index contributed by atoms with van der Waals surface area (Å²) in [4.78, 5) is 12.9. The van der Waals surface area contributed by atoms with Crippen LogP contribution >= 0.6 is 11.8 Å². The smallest absolute Gasteiger partial charge is 0.234 e. The van der Waals surface area contributed by atoms with E-state index in [4.69, 9.17) is 10.5 Å². The predicted molar refractivity (Wildman–Crippen MR) is 83.2 cm³/mol. The molecule has 0 atom stereocenters. The van der Waals surface area contributed by atoms with Crippen molar-refractivity contribution in [2.75, 3.05) is 23.9 Å². The quantitative estimate of drug-likeness (QED) is 0.655. The molecule has 0 radical (unpaired) electrons. The first-order valence-corrected chi connectivity index (χ1v) is 7.09. The number of benzene rings is 2. The molecule has 0 fully saturated rings. The molecule has 0 aliphatic carbocycles. The van der Waals surface area contributed by atoms with E-state index in [0.29, 0.717) is 22.9 Å². The fourth-order valence-corrected chi connectivity index (χ4v) is 2.45. The molecule has 3 N–H and O–H groups in total. The van der Waals surface area contributed by atoms with Crippen LogP contribution in [0.4, 0.5) is 11.4 Å². The van der Waals surface area contributed by atoms with Gasteiger partial charge < -0.3 is 15.8 Å². The summed E-state index contributed by atoms with van der Waals surface area (Å²) < 4.78 is 5.19. The maximum atomic E-state index is 11.9. The van der Waals surface area contributed by atoms with Crippen LogP contribution in [0.15, 0.2) is 53.4 Å². The zero-order valence-corrected chi connectivity index (χ0v) is 11.9. The van der Waals surface area contributed by atoms with E-state index in [1.54, 1.807) is 13.2 Å². The topological polar surface area (TPSA) is 64.3 Å². The normalized spacial score (nSPS) is 10.1. The van der Waals surface area contributed by atoms with Crippen molar-refractivity contribution in [2.45, 2.75) is 4.90 Å². The van der Waals surface area contributed by atoms with Crippen LogP contribution in [0.2, 0.25) is 0 Å². The second-order valence-electron chi connectivity index (χ2n) is 4.11. The van der Waals surface area contributed by atoms with E-state index in [0.717, 1.165) is 4.90 Å². The Morgan fingerprint density at radius 1 is 1.25 bits per heavy atom. The molecule has 20 heavy (non-hydrogen) atoms. The number of nitrogen functional groups attached to an aromatic ring is 1. The Bertz CT molecular complexity index is 602. The third kappa shape index (κ3) is 3.93. The second kappa shape index (κ2) is 6.86. The molecule has 2 aromatic carbocycles. The van der Waals surface area contributed by atoms with Crippen molar-refractivity contribution in [1.82, 2.24) is 0 Å². The number of rotatable bonds is 5. The first-order valence-electron chi connectivity index (χ1n) is 6.10. The Morgan fingerprint density at radius 2 is 2.05 bits per heavy atom. The Kier molecular flexibility index (Phi) is 4.90. The molecule has 0 saturated heterocycles. The summed E-state index contributed by atoms with van der Waals surface area (Å²) in [5.41, 5.74) is 7.06. The van der Waals surface area contributed by atoms with Gasteiger partial charge in [0.2, 0.25) is 5.91 Å². The summed E-state index contributed by atoms with van der Waals surface area (Å²) in [5, 5.41) is 2.83. The molecule has 0 saturated carbocycles. The van der Waals surface area contributed by atoms with Gasteiger partial charge in [0.25, 0.3) is 0 Å². The summed E-state index contributed by atoms with van der Waals surface area (Å²) in [5.74, 6) is 0.887. The monoisotopic (exact) mass is 288 g/mol. The van der Waals surface area contributed by atoms with Crippen LogP contribution in [0.3, 0.4) is 0 Å². The van der Waals surface area contributed by atoms with Crippen molar-refractivity contribution in [3.63, 3.8) is 0 Å². The van der Waals surface area contributed by atoms with Crippen LogP contribution in [0.1, 0.15) is 0 Å². The van der Waals surface area contributed by atoms with Crippen LogP contribution in [0.5, 0.6) is 5.75 Å². The summed E-state index contributed by atoms with van der Waals surface area (Å²) in [6, 6.07) is 14.8. The van der Waals surface area contributed by atoms with Crippen molar-refractivity contribution in [3.05, 3.63) is 48.5 Å². The zero-order chi connectivity index (χ0) is 14.4. The molecule has 2 rings (SSSR count). The third-order valence-corrected chi connectivity index (χ3v) is 3.60. The first kappa shape index (κ1) is 14.3. The number of nitrogens with one attached hydrogen (secondary N) is 1. The van der Waals surface area contributed by atoms with Gasteiger partial charge in [0.15, 0.2) is 0 Å². The van der Waals surface area contributed by atoms with Gasteiger partial charge in [0.05, 0.1) is 18.6 Å². The molecule has 1 amide bonds. The molecule has 0 aliphatic heterocycles. The first-order chi connectivity index (χ1) is 9.69. The highest BCUT2D eigenvalue weighted by atomic mass is 32.2. The van der Waals surface area contributed by atoms with Crippen LogP contribution in [-0.2, 0) is 4.79 Å². The van der Waals surface area contributed by atoms with E-state index < -0.39 is 0 Å². The second-order valence-corrected chi connectivity index (χ2v) is 5.16. The van der Waals surface area contributed by atoms with Gasteiger partial charge in [0.1, 0.15) is 5.75 Å². The lowest BCUT2D eigenvalue weighted by atomic mass is 10.3. The summed E-state index contributed by atoms with van der Waals surface area (Å²) in [6.45, 7) is 0. The Labute approximate surface area is 122 Å². The summed E-state index contributed by atoms with van der Waals surface area (Å²) in [7, 11) is 1.58. The van der Waals surface area contributed by atoms with Gasteiger partial charge in [0, 0.05) is 10.6 Å². The highest BCUT2D eigenvalue weighted by Gasteiger charge is 2.07. The average Bonchev–Trinajstić information content (AvgIpc) is 2.46. The van der Waals surface area contributed by atoms with E-state index in [1.165, 1.54) is 11.8 Å². The molecule has 5 heteroatoms. The summed E-state index contributed by atoms with van der Waals surface area (Å²) >= 11 is 1.44. The third-order valence-electron chi connectivity index (χ3n) is 2.61. The Hall–Kier alpha value is -2.14. The molecule has 0 aliphatic rings. The van der Waals surface area contributed by atoms with Gasteiger partial charge in [-0.05, 0) is 30.3 Å². The van der Waals surface area contributed by atoms with Crippen molar-refractivity contribution in [2.24, 2.45) is 0 Å². The highest BCUT2D eigenvalue weighted by molar-refractivity contribution is 8.00. The molecule has 0 aromatic heterocycles. The van der Waals surface area contributed by atoms with Gasteiger partial charge in [-0.15, -0.1) is 11.8 Å². The van der Waals surface area contributed by atoms with Crippen molar-refractivity contribution < 1.29 is 9.53 Å². The average molecular weight is 288 g/mol. The Morgan fingerprint density at radius 3 is 2.80 bits per heavy atom. The number of carbonyl (C=O) groups is 1. The van der Waals surface area contributed by atoms with E-state index in [2.05, 4.69) is 5.32 Å². The van der Waals surface area contributed by atoms with E-state index >= 15 is 0 Å². The number of hydrogen-bond donors (Lipinski definition) is 2. The van der Waals surface area contributed by atoms with E-state index in [9.17, 15) is 4.79 Å². The van der Waals surface area contributed by atoms with Crippen LogP contribution < -0.4 is 15.8 Å². The minimum absolute atomic E-state index is 0.0816. The predicted octanol–water partition coefficient (Wildman–Crippen LogP) is 3.01. The molecule has 0 unspecified atom stereocenters. The van der Waals surface area contributed by atoms with Gasteiger partial charge in [-0.3, -0.25) is 4.79 Å². The number of hydrogen-bond acceptors (Lipinski definition) is 4. The maximum absolute atomic E-state index is 11.9. The minimum atomic E-state index is -0.0816. The number of carbonyl (C=O) groups excluding carboxylic acids is 1. The molecule has 104 valence electrons. The summed E-state index contributed by atoms with van der Waals surface area (Å²) in [6.07, 6.45) is 0. The molecule has 0 bridgehead atoms. The van der Waals surface area contributed by atoms with E-state index in [1.807, 2.05) is 42.5 Å². The highest BCUT2D eigenvalue weighted by Crippen LogP contribution is 2.24. The zero-order valence-electron chi connectivity index (χ0n) is 11.1. The lowest BCUT2D eigenvalue weighted by Crippen LogP contribution is -2.14. The number of thioether (sulfide) groups is 1. The Balaban J connectivity index is 1.93. The fraction of sp³-hybridized carbons (Fsp3) is 0.133. The van der Waals surface area contributed by atoms with Gasteiger partial charge in [-0.2, -0.15) is 0 Å². The number of anilines is 2. The molecule has 2 aromatic rings. The van der Waals surface area contributed by atoms with Crippen LogP contribution in [-0.4, -0.2) is 18.8 Å². The van der Waals surface area contributed by atoms with Crippen LogP contribution in [0, 0.1) is 0 Å². The van der Waals surface area contributed by atoms with Gasteiger partial charge in [-0.25, -0.2) is 0 Å². The maximum Gasteiger partial charge on any atom is 0.234 e. The fourth-order valence-electron chi connectivity index (χ4n) is 1.69. The number of ether oxygens (including phenoxy) is 1. The minimum Gasteiger partial charge on any atom is -0.495 e. The lowest BCUT2D eigenvalue weighted by molar-refractivity contribution is -0.113. The van der Waals surface area contributed by atoms with E-state index in [-0.39, 0.29) is 5.91 Å². The largest absolute Gasteiger partial charge is 0.495 e. The standard InChI is InChI=1S/C15H16N2O2S/c1-19-14-8-3-2-7-13(14)17-15(18)10-20-12-6-4-5-11(16)9-12/h2-9H,10,16H2,1H3,(H,17,18). The molecule has 0 heterocycles. The molecule has 0 spiro atoms. The lowest BCUT2D eigenvalue weighted by Gasteiger charge is -2.09. The van der Waals surface area contributed by atoms with Crippen molar-refractivity contribution in [1.29, 1.82) is 0 Å². The van der Waals surface area contributed by atoms with Crippen molar-refractivity contribution >= 4 is 29.0 Å². The molecule has 4 nitrogen and oxygen atoms in total. The number of methoxy groups -OCH3 is 1. The van der Waals surface area contributed by atoms with Crippen molar-refractivity contribution in [3.8, 4) is 5.75 Å². The number of amides is 1. The van der Waals surface area contributed by atoms with Gasteiger partial charge >= 0.3 is 0 Å². The van der Waals surface area contributed by atoms with Crippen LogP contribution in [0.25, 0.3) is 0 Å². The number of para-hydroxylation sites is 2. The number of nitrogens with two attached hydrogens (primary N) is 1. The van der Waals surface area contributed by atoms with Gasteiger partial charge in [-0.1, -0.05) is 18.2 Å². The molecular weight excluding hydrogens is 272 g/mol. The molecular formula is C15H16N2O2S.